The molecule has 5 heteroatoms. The van der Waals surface area contributed by atoms with Gasteiger partial charge in [-0.05, 0) is 42.3 Å². The van der Waals surface area contributed by atoms with Gasteiger partial charge in [0.2, 0.25) is 5.91 Å². The van der Waals surface area contributed by atoms with Gasteiger partial charge in [0.25, 0.3) is 0 Å². The molecule has 0 spiro atoms. The predicted molar refractivity (Wildman–Crippen MR) is 91.3 cm³/mol. The molecule has 1 fully saturated rings. The highest BCUT2D eigenvalue weighted by atomic mass is 32.1. The molecule has 0 aromatic carbocycles. The third-order valence-corrected chi connectivity index (χ3v) is 5.36. The highest BCUT2D eigenvalue weighted by Gasteiger charge is 2.30. The molecular formula is C18H19N3OS. The lowest BCUT2D eigenvalue weighted by molar-refractivity contribution is -0.125. The van der Waals surface area contributed by atoms with Gasteiger partial charge >= 0.3 is 0 Å². The third kappa shape index (κ3) is 3.20. The van der Waals surface area contributed by atoms with Crippen molar-refractivity contribution in [1.29, 1.82) is 0 Å². The summed E-state index contributed by atoms with van der Waals surface area (Å²) < 4.78 is 0. The van der Waals surface area contributed by atoms with E-state index in [9.17, 15) is 4.79 Å². The van der Waals surface area contributed by atoms with E-state index in [4.69, 9.17) is 0 Å². The highest BCUT2D eigenvalue weighted by molar-refractivity contribution is 7.10. The van der Waals surface area contributed by atoms with Crippen LogP contribution in [0.4, 0.5) is 0 Å². The van der Waals surface area contributed by atoms with E-state index in [2.05, 4.69) is 9.97 Å². The standard InChI is InChI=1S/C18H19N3OS/c22-17(6-5-14-2-1-11-23-14)21-9-7-15-16(8-10-21)19-12-20-18(15)13-3-4-13/h1-2,5-6,11-13H,3-4,7-10H2/b6-5+. The zero-order valence-corrected chi connectivity index (χ0v) is 13.8. The molecule has 1 aliphatic carbocycles. The molecule has 0 radical (unpaired) electrons. The van der Waals surface area contributed by atoms with Crippen molar-refractivity contribution >= 4 is 23.3 Å². The van der Waals surface area contributed by atoms with E-state index in [1.165, 1.54) is 24.1 Å². The van der Waals surface area contributed by atoms with Crippen molar-refractivity contribution in [2.75, 3.05) is 13.1 Å². The summed E-state index contributed by atoms with van der Waals surface area (Å²) in [5.74, 6) is 0.722. The zero-order valence-electron chi connectivity index (χ0n) is 12.9. The van der Waals surface area contributed by atoms with Crippen LogP contribution < -0.4 is 0 Å². The number of thiophene rings is 1. The van der Waals surface area contributed by atoms with Crippen LogP contribution in [0.15, 0.2) is 29.9 Å². The normalized spacial score (nSPS) is 18.0. The number of hydrogen-bond donors (Lipinski definition) is 0. The van der Waals surface area contributed by atoms with Crippen LogP contribution in [0.25, 0.3) is 6.08 Å². The van der Waals surface area contributed by atoms with E-state index in [-0.39, 0.29) is 5.91 Å². The van der Waals surface area contributed by atoms with Gasteiger partial charge in [0.05, 0.1) is 5.69 Å². The van der Waals surface area contributed by atoms with Crippen molar-refractivity contribution in [1.82, 2.24) is 14.9 Å². The second-order valence-corrected chi connectivity index (χ2v) is 7.11. The summed E-state index contributed by atoms with van der Waals surface area (Å²) in [5, 5.41) is 2.02. The maximum absolute atomic E-state index is 12.4. The van der Waals surface area contributed by atoms with E-state index in [1.54, 1.807) is 23.7 Å². The van der Waals surface area contributed by atoms with Crippen LogP contribution in [-0.4, -0.2) is 33.9 Å². The maximum Gasteiger partial charge on any atom is 0.246 e. The Morgan fingerprint density at radius 3 is 2.91 bits per heavy atom. The van der Waals surface area contributed by atoms with E-state index in [1.807, 2.05) is 28.5 Å². The number of carbonyl (C=O) groups excluding carboxylic acids is 1. The summed E-state index contributed by atoms with van der Waals surface area (Å²) in [5.41, 5.74) is 3.67. The first kappa shape index (κ1) is 14.6. The molecular weight excluding hydrogens is 306 g/mol. The second kappa shape index (κ2) is 6.24. The minimum atomic E-state index is 0.0899. The molecule has 0 N–H and O–H groups in total. The number of aromatic nitrogens is 2. The number of fused-ring (bicyclic) bond motifs is 1. The van der Waals surface area contributed by atoms with Crippen molar-refractivity contribution in [3.63, 3.8) is 0 Å². The molecule has 118 valence electrons. The molecule has 23 heavy (non-hydrogen) atoms. The van der Waals surface area contributed by atoms with E-state index < -0.39 is 0 Å². The Kier molecular flexibility index (Phi) is 3.95. The van der Waals surface area contributed by atoms with Crippen LogP contribution in [0.3, 0.4) is 0 Å². The van der Waals surface area contributed by atoms with Gasteiger partial charge in [-0.15, -0.1) is 11.3 Å². The summed E-state index contributed by atoms with van der Waals surface area (Å²) in [7, 11) is 0. The minimum Gasteiger partial charge on any atom is -0.338 e. The van der Waals surface area contributed by atoms with Crippen LogP contribution in [0.2, 0.25) is 0 Å². The number of rotatable bonds is 3. The first-order valence-electron chi connectivity index (χ1n) is 8.14. The summed E-state index contributed by atoms with van der Waals surface area (Å²) in [4.78, 5) is 24.5. The Labute approximate surface area is 139 Å². The van der Waals surface area contributed by atoms with Gasteiger partial charge in [0, 0.05) is 42.1 Å². The number of hydrogen-bond acceptors (Lipinski definition) is 4. The molecule has 2 aromatic rings. The molecule has 0 saturated heterocycles. The van der Waals surface area contributed by atoms with Crippen LogP contribution >= 0.6 is 11.3 Å². The van der Waals surface area contributed by atoms with Gasteiger partial charge in [0.15, 0.2) is 0 Å². The second-order valence-electron chi connectivity index (χ2n) is 6.13. The summed E-state index contributed by atoms with van der Waals surface area (Å²) in [6, 6.07) is 4.01. The van der Waals surface area contributed by atoms with E-state index in [0.29, 0.717) is 5.92 Å². The van der Waals surface area contributed by atoms with Gasteiger partial charge in [-0.2, -0.15) is 0 Å². The quantitative estimate of drug-likeness (QED) is 0.815. The smallest absolute Gasteiger partial charge is 0.246 e. The lowest BCUT2D eigenvalue weighted by atomic mass is 10.0. The van der Waals surface area contributed by atoms with Crippen LogP contribution in [0.1, 0.15) is 40.6 Å². The lowest BCUT2D eigenvalue weighted by Gasteiger charge is -2.18. The van der Waals surface area contributed by atoms with E-state index in [0.717, 1.165) is 36.5 Å². The average molecular weight is 325 g/mol. The number of nitrogens with zero attached hydrogens (tertiary/aromatic N) is 3. The number of carbonyl (C=O) groups is 1. The molecule has 0 atom stereocenters. The Morgan fingerprint density at radius 1 is 1.26 bits per heavy atom. The first-order chi connectivity index (χ1) is 11.3. The molecule has 3 heterocycles. The first-order valence-corrected chi connectivity index (χ1v) is 9.02. The van der Waals surface area contributed by atoms with Crippen LogP contribution in [0.5, 0.6) is 0 Å². The lowest BCUT2D eigenvalue weighted by Crippen LogP contribution is -2.31. The molecule has 1 aliphatic heterocycles. The minimum absolute atomic E-state index is 0.0899. The van der Waals surface area contributed by atoms with Crippen molar-refractivity contribution in [2.24, 2.45) is 0 Å². The Morgan fingerprint density at radius 2 is 2.13 bits per heavy atom. The highest BCUT2D eigenvalue weighted by Crippen LogP contribution is 2.41. The van der Waals surface area contributed by atoms with Crippen molar-refractivity contribution < 1.29 is 4.79 Å². The summed E-state index contributed by atoms with van der Waals surface area (Å²) in [6.45, 7) is 1.50. The van der Waals surface area contributed by atoms with Crippen LogP contribution in [0, 0.1) is 0 Å². The Balaban J connectivity index is 1.47. The predicted octanol–water partition coefficient (Wildman–Crippen LogP) is 3.06. The van der Waals surface area contributed by atoms with Crippen molar-refractivity contribution in [3.8, 4) is 0 Å². The maximum atomic E-state index is 12.4. The van der Waals surface area contributed by atoms with Crippen LogP contribution in [-0.2, 0) is 17.6 Å². The third-order valence-electron chi connectivity index (χ3n) is 4.53. The molecule has 4 rings (SSSR count). The average Bonchev–Trinajstić information content (AvgIpc) is 3.33. The Bertz CT molecular complexity index is 735. The summed E-state index contributed by atoms with van der Waals surface area (Å²) >= 11 is 1.64. The van der Waals surface area contributed by atoms with Crippen molar-refractivity contribution in [2.45, 2.75) is 31.6 Å². The zero-order chi connectivity index (χ0) is 15.6. The molecule has 1 saturated carbocycles. The van der Waals surface area contributed by atoms with Gasteiger partial charge in [-0.3, -0.25) is 4.79 Å². The SMILES string of the molecule is O=C(/C=C/c1cccs1)N1CCc2ncnc(C3CC3)c2CC1. The molecule has 2 aliphatic rings. The molecule has 0 bridgehead atoms. The topological polar surface area (TPSA) is 46.1 Å². The molecule has 4 nitrogen and oxygen atoms in total. The largest absolute Gasteiger partial charge is 0.338 e. The molecule has 1 amide bonds. The summed E-state index contributed by atoms with van der Waals surface area (Å²) in [6.07, 6.45) is 9.48. The number of amides is 1. The fourth-order valence-corrected chi connectivity index (χ4v) is 3.74. The molecule has 0 unspecified atom stereocenters. The fraction of sp³-hybridized carbons (Fsp3) is 0.389. The monoisotopic (exact) mass is 325 g/mol. The molecule has 2 aromatic heterocycles. The van der Waals surface area contributed by atoms with E-state index >= 15 is 0 Å². The van der Waals surface area contributed by atoms with Gasteiger partial charge in [0.1, 0.15) is 6.33 Å². The fourth-order valence-electron chi connectivity index (χ4n) is 3.13. The van der Waals surface area contributed by atoms with Gasteiger partial charge in [-0.25, -0.2) is 9.97 Å². The van der Waals surface area contributed by atoms with Crippen molar-refractivity contribution in [3.05, 3.63) is 51.7 Å². The van der Waals surface area contributed by atoms with Gasteiger partial charge < -0.3 is 4.90 Å². The van der Waals surface area contributed by atoms with Gasteiger partial charge in [-0.1, -0.05) is 6.07 Å². The Hall–Kier alpha value is -2.01.